The molecular weight excluding hydrogens is 486 g/mol. The monoisotopic (exact) mass is 531 g/mol. The molecule has 7 unspecified atom stereocenters. The highest BCUT2D eigenvalue weighted by Gasteiger charge is 2.69. The fourth-order valence-electron chi connectivity index (χ4n) is 10.3. The molecule has 210 valence electrons. The number of Topliss-reactive ketones (excluding diaryl/α,β-unsaturated/α-hetero) is 1. The van der Waals surface area contributed by atoms with Gasteiger partial charge in [0.05, 0.1) is 12.7 Å². The molecule has 5 rings (SSSR count). The number of carbonyl (C=O) groups excluding carboxylic acids is 3. The summed E-state index contributed by atoms with van der Waals surface area (Å²) < 4.78 is 4.94. The molecule has 5 nitrogen and oxygen atoms in total. The molecule has 0 aromatic heterocycles. The number of hydrogen-bond acceptors (Lipinski definition) is 5. The van der Waals surface area contributed by atoms with E-state index in [0.29, 0.717) is 0 Å². The van der Waals surface area contributed by atoms with Crippen LogP contribution in [-0.4, -0.2) is 24.6 Å². The van der Waals surface area contributed by atoms with Gasteiger partial charge >= 0.3 is 5.97 Å². The average molecular weight is 532 g/mol. The summed E-state index contributed by atoms with van der Waals surface area (Å²) in [5.74, 6) is -0.186. The van der Waals surface area contributed by atoms with Crippen LogP contribution in [0, 0.1) is 61.6 Å². The zero-order valence-corrected chi connectivity index (χ0v) is 25.1. The number of fused-ring (bicyclic) bond motifs is 7. The van der Waals surface area contributed by atoms with Gasteiger partial charge in [-0.2, -0.15) is 5.26 Å². The van der Waals surface area contributed by atoms with Crippen LogP contribution in [0.1, 0.15) is 93.4 Å². The molecule has 3 fully saturated rings. The summed E-state index contributed by atoms with van der Waals surface area (Å²) in [5, 5.41) is 9.90. The molecule has 0 amide bonds. The molecule has 0 aromatic rings. The number of esters is 1. The molecule has 0 N–H and O–H groups in total. The van der Waals surface area contributed by atoms with Crippen LogP contribution in [0.5, 0.6) is 0 Å². The minimum Gasteiger partial charge on any atom is -0.466 e. The van der Waals surface area contributed by atoms with Crippen LogP contribution in [0.2, 0.25) is 0 Å². The van der Waals surface area contributed by atoms with E-state index in [9.17, 15) is 19.6 Å². The second-order valence-corrected chi connectivity index (χ2v) is 15.3. The van der Waals surface area contributed by atoms with E-state index in [1.54, 1.807) is 6.08 Å². The zero-order chi connectivity index (χ0) is 28.8. The van der Waals surface area contributed by atoms with Crippen LogP contribution < -0.4 is 0 Å². The number of allylic oxidation sites excluding steroid dienone is 5. The first-order chi connectivity index (χ1) is 18.0. The Morgan fingerprint density at radius 1 is 1.03 bits per heavy atom. The summed E-state index contributed by atoms with van der Waals surface area (Å²) in [6.07, 6.45) is 14.2. The topological polar surface area (TPSA) is 84.2 Å². The predicted molar refractivity (Wildman–Crippen MR) is 150 cm³/mol. The molecular formula is C34H45NO4. The van der Waals surface area contributed by atoms with Crippen LogP contribution in [-0.2, 0) is 19.1 Å². The summed E-state index contributed by atoms with van der Waals surface area (Å²) in [4.78, 5) is 39.9. The molecule has 0 spiro atoms. The molecule has 0 heterocycles. The van der Waals surface area contributed by atoms with Gasteiger partial charge in [-0.05, 0) is 84.5 Å². The van der Waals surface area contributed by atoms with Crippen molar-refractivity contribution in [3.8, 4) is 6.07 Å². The Hall–Kier alpha value is -2.48. The minimum atomic E-state index is -0.661. The van der Waals surface area contributed by atoms with Gasteiger partial charge in [0, 0.05) is 22.8 Å². The fraction of sp³-hybridized carbons (Fsp3) is 0.706. The van der Waals surface area contributed by atoms with Gasteiger partial charge in [0.2, 0.25) is 0 Å². The normalized spacial score (nSPS) is 44.1. The summed E-state index contributed by atoms with van der Waals surface area (Å²) in [7, 11) is 1.41. The maximum atomic E-state index is 14.5. The third kappa shape index (κ3) is 3.65. The quantitative estimate of drug-likeness (QED) is 0.285. The summed E-state index contributed by atoms with van der Waals surface area (Å²) in [6, 6.07) is 2.19. The molecule has 0 saturated heterocycles. The van der Waals surface area contributed by atoms with E-state index in [1.165, 1.54) is 7.11 Å². The number of rotatable bonds is 2. The van der Waals surface area contributed by atoms with Crippen molar-refractivity contribution in [3.63, 3.8) is 0 Å². The third-order valence-electron chi connectivity index (χ3n) is 12.7. The Kier molecular flexibility index (Phi) is 6.12. The molecule has 0 aromatic carbocycles. The van der Waals surface area contributed by atoms with Gasteiger partial charge in [0.25, 0.3) is 0 Å². The molecule has 5 aliphatic carbocycles. The largest absolute Gasteiger partial charge is 0.466 e. The lowest BCUT2D eigenvalue weighted by Crippen LogP contribution is -2.64. The lowest BCUT2D eigenvalue weighted by atomic mass is 9.34. The number of ether oxygens (including phenoxy) is 1. The predicted octanol–water partition coefficient (Wildman–Crippen LogP) is 6.94. The van der Waals surface area contributed by atoms with Crippen LogP contribution in [0.3, 0.4) is 0 Å². The highest BCUT2D eigenvalue weighted by atomic mass is 16.5. The molecule has 5 aliphatic rings. The van der Waals surface area contributed by atoms with E-state index in [0.717, 1.165) is 50.5 Å². The maximum Gasteiger partial charge on any atom is 0.330 e. The van der Waals surface area contributed by atoms with Gasteiger partial charge in [-0.25, -0.2) is 4.79 Å². The average Bonchev–Trinajstić information content (AvgIpc) is 2.86. The van der Waals surface area contributed by atoms with Crippen molar-refractivity contribution in [2.75, 3.05) is 7.11 Å². The molecule has 3 saturated carbocycles. The van der Waals surface area contributed by atoms with E-state index in [4.69, 9.17) is 4.74 Å². The summed E-state index contributed by atoms with van der Waals surface area (Å²) in [5.41, 5.74) is -0.392. The van der Waals surface area contributed by atoms with Crippen molar-refractivity contribution in [1.29, 1.82) is 5.26 Å². The Labute approximate surface area is 234 Å². The summed E-state index contributed by atoms with van der Waals surface area (Å²) >= 11 is 0. The first-order valence-electron chi connectivity index (χ1n) is 14.7. The second-order valence-electron chi connectivity index (χ2n) is 15.3. The van der Waals surface area contributed by atoms with E-state index >= 15 is 0 Å². The maximum absolute atomic E-state index is 14.5. The lowest BCUT2D eigenvalue weighted by molar-refractivity contribution is -0.164. The SMILES string of the molecule is COC(=O)C=CC12CCC(C)(C)CC1C1C(=O)C=C3C4(C)C=C(C#N)C(=O)C(C)(C)C4CCC3(C)C1(C)CC2. The number of methoxy groups -OCH3 is 1. The van der Waals surface area contributed by atoms with Crippen LogP contribution >= 0.6 is 0 Å². The Morgan fingerprint density at radius 3 is 2.33 bits per heavy atom. The van der Waals surface area contributed by atoms with E-state index in [1.807, 2.05) is 26.0 Å². The van der Waals surface area contributed by atoms with Crippen molar-refractivity contribution in [2.24, 2.45) is 50.2 Å². The Morgan fingerprint density at radius 2 is 1.69 bits per heavy atom. The zero-order valence-electron chi connectivity index (χ0n) is 25.1. The van der Waals surface area contributed by atoms with Crippen LogP contribution in [0.4, 0.5) is 0 Å². The first-order valence-corrected chi connectivity index (χ1v) is 14.7. The molecule has 7 atom stereocenters. The van der Waals surface area contributed by atoms with Gasteiger partial charge in [-0.15, -0.1) is 0 Å². The third-order valence-corrected chi connectivity index (χ3v) is 12.7. The molecule has 0 aliphatic heterocycles. The van der Waals surface area contributed by atoms with Gasteiger partial charge in [-0.3, -0.25) is 9.59 Å². The van der Waals surface area contributed by atoms with Crippen LogP contribution in [0.25, 0.3) is 0 Å². The molecule has 39 heavy (non-hydrogen) atoms. The number of ketones is 2. The van der Waals surface area contributed by atoms with Crippen molar-refractivity contribution in [2.45, 2.75) is 93.4 Å². The number of nitriles is 1. The smallest absolute Gasteiger partial charge is 0.330 e. The fourth-order valence-corrected chi connectivity index (χ4v) is 10.3. The molecule has 0 bridgehead atoms. The first kappa shape index (κ1) is 28.1. The minimum absolute atomic E-state index is 0.0427. The second kappa shape index (κ2) is 8.51. The van der Waals surface area contributed by atoms with E-state index in [-0.39, 0.29) is 62.5 Å². The van der Waals surface area contributed by atoms with Crippen molar-refractivity contribution in [1.82, 2.24) is 0 Å². The molecule has 5 heteroatoms. The Balaban J connectivity index is 1.68. The van der Waals surface area contributed by atoms with E-state index < -0.39 is 10.8 Å². The van der Waals surface area contributed by atoms with Gasteiger partial charge in [0.15, 0.2) is 11.6 Å². The van der Waals surface area contributed by atoms with Crippen molar-refractivity contribution < 1.29 is 19.1 Å². The highest BCUT2D eigenvalue weighted by molar-refractivity contribution is 6.04. The highest BCUT2D eigenvalue weighted by Crippen LogP contribution is 2.74. The standard InChI is InChI=1S/C34H45NO4/c1-29(2)13-15-34(12-10-26(37)39-8)16-14-33(7)27(22(34)19-29)23(36)17-25-31(5)18-21(20-35)28(38)30(3,4)24(31)9-11-32(25,33)6/h10,12,17-18,22,24,27H,9,11,13-16,19H2,1-8H3. The van der Waals surface area contributed by atoms with Crippen molar-refractivity contribution in [3.05, 3.63) is 35.5 Å². The van der Waals surface area contributed by atoms with Crippen LogP contribution in [0.15, 0.2) is 35.5 Å². The summed E-state index contributed by atoms with van der Waals surface area (Å²) in [6.45, 7) is 15.4. The number of carbonyl (C=O) groups is 3. The molecule has 0 radical (unpaired) electrons. The Bertz CT molecular complexity index is 1280. The lowest BCUT2D eigenvalue weighted by Gasteiger charge is -2.69. The van der Waals surface area contributed by atoms with E-state index in [2.05, 4.69) is 46.8 Å². The number of hydrogen-bond donors (Lipinski definition) is 0. The van der Waals surface area contributed by atoms with Gasteiger partial charge < -0.3 is 4.74 Å². The van der Waals surface area contributed by atoms with Gasteiger partial charge in [0.1, 0.15) is 6.07 Å². The number of nitrogens with zero attached hydrogens (tertiary/aromatic N) is 1. The van der Waals surface area contributed by atoms with Gasteiger partial charge in [-0.1, -0.05) is 66.2 Å². The van der Waals surface area contributed by atoms with Crippen molar-refractivity contribution >= 4 is 17.5 Å².